The van der Waals surface area contributed by atoms with E-state index in [9.17, 15) is 0 Å². The quantitative estimate of drug-likeness (QED) is 0.578. The standard InChI is InChI=1S/C14H32N2/c1-6-14(4)12-16(5)11-10-15-9-7-8-13(2)3/h13-15H,6-12H2,1-5H3. The van der Waals surface area contributed by atoms with Crippen LogP contribution in [0.5, 0.6) is 0 Å². The normalized spacial score (nSPS) is 13.7. The first-order chi connectivity index (χ1) is 7.56. The third-order valence-corrected chi connectivity index (χ3v) is 3.13. The van der Waals surface area contributed by atoms with Crippen molar-refractivity contribution in [3.05, 3.63) is 0 Å². The minimum absolute atomic E-state index is 0.825. The minimum Gasteiger partial charge on any atom is -0.315 e. The monoisotopic (exact) mass is 228 g/mol. The lowest BCUT2D eigenvalue weighted by Gasteiger charge is -2.20. The molecule has 0 aliphatic heterocycles. The van der Waals surface area contributed by atoms with Gasteiger partial charge in [0.15, 0.2) is 0 Å². The molecule has 0 saturated carbocycles. The molecular formula is C14H32N2. The van der Waals surface area contributed by atoms with Gasteiger partial charge in [-0.15, -0.1) is 0 Å². The van der Waals surface area contributed by atoms with Crippen LogP contribution < -0.4 is 5.32 Å². The third kappa shape index (κ3) is 10.4. The summed E-state index contributed by atoms with van der Waals surface area (Å²) in [5, 5.41) is 3.52. The Balaban J connectivity index is 3.24. The summed E-state index contributed by atoms with van der Waals surface area (Å²) in [6, 6.07) is 0. The van der Waals surface area contributed by atoms with Gasteiger partial charge in [0.2, 0.25) is 0 Å². The van der Waals surface area contributed by atoms with Crippen molar-refractivity contribution in [1.29, 1.82) is 0 Å². The predicted octanol–water partition coefficient (Wildman–Crippen LogP) is 2.99. The van der Waals surface area contributed by atoms with E-state index in [1.165, 1.54) is 38.9 Å². The van der Waals surface area contributed by atoms with Crippen molar-refractivity contribution in [1.82, 2.24) is 10.2 Å². The van der Waals surface area contributed by atoms with Crippen molar-refractivity contribution in [2.75, 3.05) is 33.2 Å². The van der Waals surface area contributed by atoms with Crippen LogP contribution in [0.25, 0.3) is 0 Å². The fourth-order valence-electron chi connectivity index (χ4n) is 1.78. The Morgan fingerprint density at radius 3 is 2.38 bits per heavy atom. The van der Waals surface area contributed by atoms with E-state index in [4.69, 9.17) is 0 Å². The molecule has 2 heteroatoms. The molecule has 0 radical (unpaired) electrons. The molecule has 0 aliphatic rings. The summed E-state index contributed by atoms with van der Waals surface area (Å²) in [4.78, 5) is 2.43. The Hall–Kier alpha value is -0.0800. The molecule has 2 nitrogen and oxygen atoms in total. The van der Waals surface area contributed by atoms with E-state index < -0.39 is 0 Å². The van der Waals surface area contributed by atoms with Gasteiger partial charge in [-0.1, -0.05) is 34.1 Å². The van der Waals surface area contributed by atoms with Crippen LogP contribution in [0.3, 0.4) is 0 Å². The number of hydrogen-bond donors (Lipinski definition) is 1. The maximum absolute atomic E-state index is 3.52. The topological polar surface area (TPSA) is 15.3 Å². The van der Waals surface area contributed by atoms with Crippen molar-refractivity contribution in [3.8, 4) is 0 Å². The maximum atomic E-state index is 3.52. The Kier molecular flexibility index (Phi) is 10.0. The minimum atomic E-state index is 0.825. The number of rotatable bonds is 10. The molecule has 16 heavy (non-hydrogen) atoms. The van der Waals surface area contributed by atoms with Gasteiger partial charge >= 0.3 is 0 Å². The lowest BCUT2D eigenvalue weighted by Crippen LogP contribution is -2.32. The zero-order valence-corrected chi connectivity index (χ0v) is 12.1. The van der Waals surface area contributed by atoms with Crippen molar-refractivity contribution in [2.24, 2.45) is 11.8 Å². The van der Waals surface area contributed by atoms with E-state index in [1.54, 1.807) is 0 Å². The lowest BCUT2D eigenvalue weighted by atomic mass is 10.1. The van der Waals surface area contributed by atoms with Crippen molar-refractivity contribution in [2.45, 2.75) is 47.0 Å². The van der Waals surface area contributed by atoms with E-state index in [-0.39, 0.29) is 0 Å². The summed E-state index contributed by atoms with van der Waals surface area (Å²) >= 11 is 0. The van der Waals surface area contributed by atoms with Gasteiger partial charge in [-0.2, -0.15) is 0 Å². The average Bonchev–Trinajstić information content (AvgIpc) is 2.22. The van der Waals surface area contributed by atoms with Crippen LogP contribution in [0.1, 0.15) is 47.0 Å². The summed E-state index contributed by atoms with van der Waals surface area (Å²) in [6.45, 7) is 13.9. The molecule has 0 rings (SSSR count). The van der Waals surface area contributed by atoms with Crippen LogP contribution in [0, 0.1) is 11.8 Å². The highest BCUT2D eigenvalue weighted by Gasteiger charge is 2.03. The number of nitrogens with one attached hydrogen (secondary N) is 1. The molecule has 0 aliphatic carbocycles. The molecule has 98 valence electrons. The molecule has 1 N–H and O–H groups in total. The van der Waals surface area contributed by atoms with Crippen LogP contribution in [0.2, 0.25) is 0 Å². The van der Waals surface area contributed by atoms with Gasteiger partial charge in [0, 0.05) is 19.6 Å². The van der Waals surface area contributed by atoms with Gasteiger partial charge in [-0.25, -0.2) is 0 Å². The van der Waals surface area contributed by atoms with Crippen LogP contribution in [0.15, 0.2) is 0 Å². The molecule has 1 atom stereocenters. The molecule has 0 spiro atoms. The van der Waals surface area contributed by atoms with E-state index >= 15 is 0 Å². The second kappa shape index (κ2) is 10.1. The Labute approximate surface area is 103 Å². The molecule has 0 amide bonds. The van der Waals surface area contributed by atoms with Crippen molar-refractivity contribution in [3.63, 3.8) is 0 Å². The van der Waals surface area contributed by atoms with Gasteiger partial charge in [0.05, 0.1) is 0 Å². The first kappa shape index (κ1) is 15.9. The van der Waals surface area contributed by atoms with Crippen LogP contribution in [0.4, 0.5) is 0 Å². The van der Waals surface area contributed by atoms with Crippen molar-refractivity contribution < 1.29 is 0 Å². The van der Waals surface area contributed by atoms with Gasteiger partial charge in [-0.3, -0.25) is 0 Å². The molecule has 1 unspecified atom stereocenters. The Morgan fingerprint density at radius 2 is 1.81 bits per heavy atom. The highest BCUT2D eigenvalue weighted by molar-refractivity contribution is 4.59. The first-order valence-corrected chi connectivity index (χ1v) is 6.95. The Bertz CT molecular complexity index is 146. The zero-order valence-electron chi connectivity index (χ0n) is 12.1. The molecule has 0 fully saturated rings. The Morgan fingerprint density at radius 1 is 1.12 bits per heavy atom. The summed E-state index contributed by atoms with van der Waals surface area (Å²) in [5.41, 5.74) is 0. The molecule has 0 heterocycles. The molecular weight excluding hydrogens is 196 g/mol. The average molecular weight is 228 g/mol. The number of hydrogen-bond acceptors (Lipinski definition) is 2. The fourth-order valence-corrected chi connectivity index (χ4v) is 1.78. The molecule has 0 aromatic carbocycles. The van der Waals surface area contributed by atoms with Crippen LogP contribution in [-0.2, 0) is 0 Å². The van der Waals surface area contributed by atoms with E-state index in [0.29, 0.717) is 0 Å². The highest BCUT2D eigenvalue weighted by atomic mass is 15.1. The maximum Gasteiger partial charge on any atom is 0.0104 e. The summed E-state index contributed by atoms with van der Waals surface area (Å²) in [6.07, 6.45) is 3.94. The van der Waals surface area contributed by atoms with Gasteiger partial charge in [0.1, 0.15) is 0 Å². The van der Waals surface area contributed by atoms with Gasteiger partial charge in [-0.05, 0) is 38.3 Å². The van der Waals surface area contributed by atoms with Crippen LogP contribution in [-0.4, -0.2) is 38.1 Å². The fraction of sp³-hybridized carbons (Fsp3) is 1.00. The largest absolute Gasteiger partial charge is 0.315 e. The second-order valence-corrected chi connectivity index (χ2v) is 5.56. The summed E-state index contributed by atoms with van der Waals surface area (Å²) in [7, 11) is 2.22. The van der Waals surface area contributed by atoms with E-state index in [1.807, 2.05) is 0 Å². The van der Waals surface area contributed by atoms with E-state index in [0.717, 1.165) is 18.4 Å². The third-order valence-electron chi connectivity index (χ3n) is 3.13. The summed E-state index contributed by atoms with van der Waals surface area (Å²) < 4.78 is 0. The molecule has 0 aromatic heterocycles. The predicted molar refractivity (Wildman–Crippen MR) is 73.9 cm³/mol. The zero-order chi connectivity index (χ0) is 12.4. The summed E-state index contributed by atoms with van der Waals surface area (Å²) in [5.74, 6) is 1.67. The smallest absolute Gasteiger partial charge is 0.0104 e. The van der Waals surface area contributed by atoms with Crippen LogP contribution >= 0.6 is 0 Å². The van der Waals surface area contributed by atoms with Gasteiger partial charge < -0.3 is 10.2 Å². The number of nitrogens with zero attached hydrogens (tertiary/aromatic N) is 1. The number of likely N-dealkylation sites (N-methyl/N-ethyl adjacent to an activating group) is 1. The van der Waals surface area contributed by atoms with Crippen molar-refractivity contribution >= 4 is 0 Å². The first-order valence-electron chi connectivity index (χ1n) is 6.95. The lowest BCUT2D eigenvalue weighted by molar-refractivity contribution is 0.281. The molecule has 0 bridgehead atoms. The van der Waals surface area contributed by atoms with E-state index in [2.05, 4.69) is 45.0 Å². The highest BCUT2D eigenvalue weighted by Crippen LogP contribution is 2.02. The molecule has 0 aromatic rings. The SMILES string of the molecule is CCC(C)CN(C)CCNCCCC(C)C. The molecule has 0 saturated heterocycles. The van der Waals surface area contributed by atoms with Gasteiger partial charge in [0.25, 0.3) is 0 Å². The second-order valence-electron chi connectivity index (χ2n) is 5.56.